The molecule has 116 valence electrons. The Balaban J connectivity index is 1.93. The number of benzene rings is 1. The third-order valence-electron chi connectivity index (χ3n) is 3.44. The average molecular weight is 313 g/mol. The highest BCUT2D eigenvalue weighted by Gasteiger charge is 2.18. The van der Waals surface area contributed by atoms with Crippen LogP contribution in [0.25, 0.3) is 0 Å². The summed E-state index contributed by atoms with van der Waals surface area (Å²) in [6.07, 6.45) is 4.78. The summed E-state index contributed by atoms with van der Waals surface area (Å²) in [5.41, 5.74) is 0.585. The van der Waals surface area contributed by atoms with Gasteiger partial charge in [-0.1, -0.05) is 11.6 Å². The highest BCUT2D eigenvalue weighted by atomic mass is 35.5. The predicted octanol–water partition coefficient (Wildman–Crippen LogP) is 3.16. The van der Waals surface area contributed by atoms with E-state index in [1.807, 2.05) is 0 Å². The maximum atomic E-state index is 11.6. The molecular weight excluding hydrogens is 292 g/mol. The van der Waals surface area contributed by atoms with Gasteiger partial charge < -0.3 is 20.5 Å². The van der Waals surface area contributed by atoms with Crippen LogP contribution in [0.5, 0.6) is 5.75 Å². The molecule has 21 heavy (non-hydrogen) atoms. The fourth-order valence-electron chi connectivity index (χ4n) is 2.30. The van der Waals surface area contributed by atoms with Gasteiger partial charge in [0.15, 0.2) is 0 Å². The van der Waals surface area contributed by atoms with E-state index in [9.17, 15) is 4.79 Å². The zero-order valence-electron chi connectivity index (χ0n) is 12.1. The van der Waals surface area contributed by atoms with Crippen LogP contribution in [0.1, 0.15) is 32.6 Å². The molecule has 0 spiro atoms. The van der Waals surface area contributed by atoms with E-state index >= 15 is 0 Å². The summed E-state index contributed by atoms with van der Waals surface area (Å²) in [5.74, 6) is 0.651. The minimum Gasteiger partial charge on any atom is -0.489 e. The summed E-state index contributed by atoms with van der Waals surface area (Å²) >= 11 is 6.19. The van der Waals surface area contributed by atoms with E-state index in [4.69, 9.17) is 21.4 Å². The minimum atomic E-state index is -0.378. The third kappa shape index (κ3) is 4.79. The van der Waals surface area contributed by atoms with Gasteiger partial charge in [-0.3, -0.25) is 0 Å². The van der Waals surface area contributed by atoms with Crippen molar-refractivity contribution in [2.45, 2.75) is 44.8 Å². The Morgan fingerprint density at radius 2 is 2.19 bits per heavy atom. The molecule has 1 aromatic carbocycles. The molecule has 0 aromatic heterocycles. The van der Waals surface area contributed by atoms with Crippen LogP contribution in [0.2, 0.25) is 5.02 Å². The molecule has 1 fully saturated rings. The van der Waals surface area contributed by atoms with Gasteiger partial charge in [-0.25, -0.2) is 4.79 Å². The summed E-state index contributed by atoms with van der Waals surface area (Å²) in [4.78, 5) is 11.6. The Hall–Kier alpha value is -1.46. The van der Waals surface area contributed by atoms with Crippen LogP contribution in [-0.2, 0) is 0 Å². The minimum absolute atomic E-state index is 0.109. The number of anilines is 1. The first-order valence-corrected chi connectivity index (χ1v) is 7.61. The van der Waals surface area contributed by atoms with Crippen LogP contribution >= 0.6 is 11.6 Å². The Bertz CT molecular complexity index is 490. The van der Waals surface area contributed by atoms with E-state index in [1.54, 1.807) is 25.1 Å². The van der Waals surface area contributed by atoms with E-state index in [1.165, 1.54) is 12.8 Å². The lowest BCUT2D eigenvalue weighted by Crippen LogP contribution is -2.38. The number of halogens is 1. The SMILES string of the molecule is CC(CO)NC(=O)Nc1ccc(OC2CCCC2)c(Cl)c1. The Morgan fingerprint density at radius 1 is 1.48 bits per heavy atom. The van der Waals surface area contributed by atoms with Crippen molar-refractivity contribution in [3.63, 3.8) is 0 Å². The Kier molecular flexibility index (Phi) is 5.70. The van der Waals surface area contributed by atoms with Gasteiger partial charge >= 0.3 is 6.03 Å². The van der Waals surface area contributed by atoms with Crippen molar-refractivity contribution in [1.29, 1.82) is 0 Å². The second-order valence-corrected chi connectivity index (χ2v) is 5.76. The fourth-order valence-corrected chi connectivity index (χ4v) is 2.52. The van der Waals surface area contributed by atoms with Crippen LogP contribution in [0.3, 0.4) is 0 Å². The van der Waals surface area contributed by atoms with Gasteiger partial charge in [0.25, 0.3) is 0 Å². The summed E-state index contributed by atoms with van der Waals surface area (Å²) in [6.45, 7) is 1.60. The number of carbonyl (C=O) groups is 1. The molecule has 0 heterocycles. The highest BCUT2D eigenvalue weighted by molar-refractivity contribution is 6.32. The lowest BCUT2D eigenvalue weighted by molar-refractivity contribution is 0.210. The first-order chi connectivity index (χ1) is 10.1. The number of aliphatic hydroxyl groups excluding tert-OH is 1. The molecule has 0 bridgehead atoms. The molecule has 1 saturated carbocycles. The zero-order valence-corrected chi connectivity index (χ0v) is 12.8. The van der Waals surface area contributed by atoms with Crippen molar-refractivity contribution in [3.05, 3.63) is 23.2 Å². The van der Waals surface area contributed by atoms with Crippen LogP contribution in [0, 0.1) is 0 Å². The molecular formula is C15H21ClN2O3. The monoisotopic (exact) mass is 312 g/mol. The van der Waals surface area contributed by atoms with Crippen LogP contribution in [0.15, 0.2) is 18.2 Å². The fraction of sp³-hybridized carbons (Fsp3) is 0.533. The summed E-state index contributed by atoms with van der Waals surface area (Å²) in [7, 11) is 0. The van der Waals surface area contributed by atoms with Crippen molar-refractivity contribution < 1.29 is 14.6 Å². The lowest BCUT2D eigenvalue weighted by atomic mass is 10.2. The molecule has 1 atom stereocenters. The van der Waals surface area contributed by atoms with Gasteiger partial charge in [0.1, 0.15) is 5.75 Å². The molecule has 5 nitrogen and oxygen atoms in total. The smallest absolute Gasteiger partial charge is 0.319 e. The number of amides is 2. The van der Waals surface area contributed by atoms with Crippen LogP contribution in [-0.4, -0.2) is 29.9 Å². The normalized spacial score (nSPS) is 16.5. The molecule has 1 aliphatic rings. The molecule has 1 unspecified atom stereocenters. The van der Waals surface area contributed by atoms with Gasteiger partial charge in [0.2, 0.25) is 0 Å². The molecule has 1 aromatic rings. The molecule has 1 aliphatic carbocycles. The van der Waals surface area contributed by atoms with Crippen molar-refractivity contribution >= 4 is 23.3 Å². The largest absolute Gasteiger partial charge is 0.489 e. The van der Waals surface area contributed by atoms with Crippen molar-refractivity contribution in [3.8, 4) is 5.75 Å². The maximum absolute atomic E-state index is 11.6. The van der Waals surface area contributed by atoms with E-state index < -0.39 is 0 Å². The predicted molar refractivity (Wildman–Crippen MR) is 83.0 cm³/mol. The molecule has 6 heteroatoms. The van der Waals surface area contributed by atoms with E-state index in [2.05, 4.69) is 10.6 Å². The summed E-state index contributed by atoms with van der Waals surface area (Å²) < 4.78 is 5.85. The quantitative estimate of drug-likeness (QED) is 0.782. The average Bonchev–Trinajstić information content (AvgIpc) is 2.94. The second-order valence-electron chi connectivity index (χ2n) is 5.35. The van der Waals surface area contributed by atoms with E-state index in [-0.39, 0.29) is 24.8 Å². The number of ether oxygens (including phenoxy) is 1. The Labute approximate surface area is 129 Å². The first kappa shape index (κ1) is 15.9. The molecule has 2 rings (SSSR count). The summed E-state index contributed by atoms with van der Waals surface area (Å²) in [6, 6.07) is 4.50. The maximum Gasteiger partial charge on any atom is 0.319 e. The van der Waals surface area contributed by atoms with Gasteiger partial charge in [0, 0.05) is 5.69 Å². The van der Waals surface area contributed by atoms with Gasteiger partial charge in [-0.05, 0) is 50.8 Å². The Morgan fingerprint density at radius 3 is 2.81 bits per heavy atom. The van der Waals surface area contributed by atoms with Gasteiger partial charge in [0.05, 0.1) is 23.8 Å². The standard InChI is InChI=1S/C15H21ClN2O3/c1-10(9-19)17-15(20)18-11-6-7-14(13(16)8-11)21-12-4-2-3-5-12/h6-8,10,12,19H,2-5,9H2,1H3,(H2,17,18,20). The van der Waals surface area contributed by atoms with E-state index in [0.717, 1.165) is 12.8 Å². The number of nitrogens with one attached hydrogen (secondary N) is 2. The zero-order chi connectivity index (χ0) is 15.2. The van der Waals surface area contributed by atoms with Crippen LogP contribution in [0.4, 0.5) is 10.5 Å². The number of hydrogen-bond acceptors (Lipinski definition) is 3. The number of aliphatic hydroxyl groups is 1. The number of rotatable bonds is 5. The second kappa shape index (κ2) is 7.52. The molecule has 3 N–H and O–H groups in total. The van der Waals surface area contributed by atoms with Crippen molar-refractivity contribution in [2.75, 3.05) is 11.9 Å². The van der Waals surface area contributed by atoms with Gasteiger partial charge in [-0.2, -0.15) is 0 Å². The number of hydrogen-bond donors (Lipinski definition) is 3. The van der Waals surface area contributed by atoms with E-state index in [0.29, 0.717) is 16.5 Å². The molecule has 2 amide bonds. The molecule has 0 aliphatic heterocycles. The van der Waals surface area contributed by atoms with Gasteiger partial charge in [-0.15, -0.1) is 0 Å². The van der Waals surface area contributed by atoms with Crippen molar-refractivity contribution in [1.82, 2.24) is 5.32 Å². The van der Waals surface area contributed by atoms with Crippen molar-refractivity contribution in [2.24, 2.45) is 0 Å². The topological polar surface area (TPSA) is 70.6 Å². The lowest BCUT2D eigenvalue weighted by Gasteiger charge is -2.16. The highest BCUT2D eigenvalue weighted by Crippen LogP contribution is 2.31. The molecule has 0 saturated heterocycles. The van der Waals surface area contributed by atoms with Crippen LogP contribution < -0.4 is 15.4 Å². The summed E-state index contributed by atoms with van der Waals surface area (Å²) in [5, 5.41) is 14.6. The number of carbonyl (C=O) groups excluding carboxylic acids is 1. The number of urea groups is 1. The third-order valence-corrected chi connectivity index (χ3v) is 3.73. The first-order valence-electron chi connectivity index (χ1n) is 7.23. The molecule has 0 radical (unpaired) electrons.